The minimum absolute atomic E-state index is 0. The predicted molar refractivity (Wildman–Crippen MR) is 36.2 cm³/mol. The van der Waals surface area contributed by atoms with E-state index in [2.05, 4.69) is 0 Å². The zero-order valence-electron chi connectivity index (χ0n) is 7.28. The van der Waals surface area contributed by atoms with Crippen molar-refractivity contribution < 1.29 is 113 Å². The summed E-state index contributed by atoms with van der Waals surface area (Å²) in [5.74, 6) is 0. The van der Waals surface area contributed by atoms with Gasteiger partial charge in [0.1, 0.15) is 0 Å². The molecule has 52 valence electrons. The van der Waals surface area contributed by atoms with Crippen molar-refractivity contribution in [3.63, 3.8) is 0 Å². The quantitative estimate of drug-likeness (QED) is 0.372. The Hall–Kier alpha value is 2.28. The van der Waals surface area contributed by atoms with Gasteiger partial charge in [0.15, 0.2) is 0 Å². The number of hydrogen-bond donors (Lipinski definition) is 1. The van der Waals surface area contributed by atoms with Gasteiger partial charge in [0.2, 0.25) is 0 Å². The number of rotatable bonds is 1. The van der Waals surface area contributed by atoms with E-state index in [1.165, 1.54) is 12.1 Å². The van der Waals surface area contributed by atoms with Crippen molar-refractivity contribution >= 4 is 18.3 Å². The minimum Gasteiger partial charge on any atom is -0.889 e. The third-order valence-electron chi connectivity index (χ3n) is 1.25. The first-order chi connectivity index (χ1) is 4.72. The smallest absolute Gasteiger partial charge is 0.889 e. The predicted octanol–water partition coefficient (Wildman–Crippen LogP) is -8.31. The summed E-state index contributed by atoms with van der Waals surface area (Å²) in [6.07, 6.45) is 0. The van der Waals surface area contributed by atoms with Gasteiger partial charge in [-0.15, -0.1) is 5.46 Å². The summed E-state index contributed by atoms with van der Waals surface area (Å²) in [6, 6.07) is 6.29. The molecule has 6 heteroatoms. The van der Waals surface area contributed by atoms with Crippen LogP contribution < -0.4 is 124 Å². The SMILES string of the molecule is Nc1ccccc1B([O-])[O-].[K+].[K+]. The number of nitrogen functional groups attached to an aromatic ring is 1. The largest absolute Gasteiger partial charge is 1.00 e. The summed E-state index contributed by atoms with van der Waals surface area (Å²) in [5.41, 5.74) is 5.72. The standard InChI is InChI=1S/C6H6BNO2.2K/c8-6-4-2-1-3-5(6)7(9)10;;/h1-4H,8H2;;/q-2;2*+1. The Morgan fingerprint density at radius 3 is 1.92 bits per heavy atom. The molecule has 0 amide bonds. The molecule has 0 aromatic heterocycles. The Labute approximate surface area is 157 Å². The fraction of sp³-hybridized carbons (Fsp3) is 0. The van der Waals surface area contributed by atoms with E-state index in [1.54, 1.807) is 12.1 Å². The molecule has 1 rings (SSSR count). The van der Waals surface area contributed by atoms with Gasteiger partial charge in [-0.05, 0) is 6.07 Å². The number of benzene rings is 1. The number of nitrogens with two attached hydrogens (primary N) is 1. The molecule has 0 bridgehead atoms. The molecule has 0 atom stereocenters. The second-order valence-corrected chi connectivity index (χ2v) is 1.96. The summed E-state index contributed by atoms with van der Waals surface area (Å²) < 4.78 is 0. The van der Waals surface area contributed by atoms with Crippen LogP contribution in [0.4, 0.5) is 5.69 Å². The molecule has 12 heavy (non-hydrogen) atoms. The fourth-order valence-corrected chi connectivity index (χ4v) is 0.726. The first-order valence-corrected chi connectivity index (χ1v) is 2.88. The van der Waals surface area contributed by atoms with Gasteiger partial charge in [-0.2, -0.15) is 0 Å². The number of hydrogen-bond acceptors (Lipinski definition) is 3. The molecule has 0 unspecified atom stereocenters. The average molecular weight is 213 g/mol. The average Bonchev–Trinajstić information content (AvgIpc) is 1.88. The zero-order valence-corrected chi connectivity index (χ0v) is 13.5. The molecule has 0 aliphatic carbocycles. The molecule has 3 nitrogen and oxygen atoms in total. The third-order valence-corrected chi connectivity index (χ3v) is 1.25. The molecule has 0 spiro atoms. The van der Waals surface area contributed by atoms with E-state index in [-0.39, 0.29) is 114 Å². The first kappa shape index (κ1) is 16.7. The van der Waals surface area contributed by atoms with Gasteiger partial charge in [0.05, 0.1) is 0 Å². The summed E-state index contributed by atoms with van der Waals surface area (Å²) in [4.78, 5) is 0. The van der Waals surface area contributed by atoms with Crippen molar-refractivity contribution in [3.05, 3.63) is 24.3 Å². The van der Waals surface area contributed by atoms with Crippen LogP contribution in [-0.2, 0) is 0 Å². The molecule has 2 N–H and O–H groups in total. The third kappa shape index (κ3) is 5.23. The minimum atomic E-state index is -1.97. The molecule has 0 saturated carbocycles. The first-order valence-electron chi connectivity index (χ1n) is 2.88. The van der Waals surface area contributed by atoms with Gasteiger partial charge in [0, 0.05) is 5.69 Å². The van der Waals surface area contributed by atoms with Crippen LogP contribution in [0.25, 0.3) is 0 Å². The topological polar surface area (TPSA) is 72.1 Å². The van der Waals surface area contributed by atoms with E-state index in [9.17, 15) is 10.0 Å². The van der Waals surface area contributed by atoms with Gasteiger partial charge in [0.25, 0.3) is 0 Å². The van der Waals surface area contributed by atoms with E-state index in [1.807, 2.05) is 0 Å². The molecule has 1 aromatic carbocycles. The van der Waals surface area contributed by atoms with E-state index in [0.29, 0.717) is 0 Å². The normalized spacial score (nSPS) is 7.83. The summed E-state index contributed by atoms with van der Waals surface area (Å²) >= 11 is 0. The molecule has 1 aromatic rings. The van der Waals surface area contributed by atoms with E-state index in [0.717, 1.165) is 0 Å². The summed E-state index contributed by atoms with van der Waals surface area (Å²) in [5, 5.41) is 20.6. The Morgan fingerprint density at radius 2 is 1.58 bits per heavy atom. The maximum absolute atomic E-state index is 10.3. The van der Waals surface area contributed by atoms with Crippen molar-refractivity contribution in [2.24, 2.45) is 0 Å². The maximum Gasteiger partial charge on any atom is 1.00 e. The summed E-state index contributed by atoms with van der Waals surface area (Å²) in [7, 11) is -1.97. The molecule has 0 aliphatic heterocycles. The van der Waals surface area contributed by atoms with Gasteiger partial charge >= 0.3 is 103 Å². The second kappa shape index (κ2) is 8.58. The van der Waals surface area contributed by atoms with Crippen LogP contribution in [0.2, 0.25) is 0 Å². The van der Waals surface area contributed by atoms with Crippen LogP contribution >= 0.6 is 0 Å². The number of para-hydroxylation sites is 1. The Bertz CT molecular complexity index is 235. The molecule has 0 aliphatic rings. The molecular formula is C6H6BK2NO2. The van der Waals surface area contributed by atoms with Crippen LogP contribution in [0.5, 0.6) is 0 Å². The van der Waals surface area contributed by atoms with Gasteiger partial charge in [-0.1, -0.05) is 25.3 Å². The van der Waals surface area contributed by atoms with Gasteiger partial charge in [-0.25, -0.2) is 0 Å². The van der Waals surface area contributed by atoms with Crippen molar-refractivity contribution in [3.8, 4) is 0 Å². The van der Waals surface area contributed by atoms with E-state index in [4.69, 9.17) is 5.73 Å². The summed E-state index contributed by atoms with van der Waals surface area (Å²) in [6.45, 7) is 0. The van der Waals surface area contributed by atoms with E-state index >= 15 is 0 Å². The molecule has 0 fully saturated rings. The van der Waals surface area contributed by atoms with Crippen LogP contribution in [0.15, 0.2) is 24.3 Å². The van der Waals surface area contributed by atoms with Gasteiger partial charge in [-0.3, -0.25) is 0 Å². The van der Waals surface area contributed by atoms with Crippen LogP contribution in [-0.4, -0.2) is 7.12 Å². The monoisotopic (exact) mass is 213 g/mol. The maximum atomic E-state index is 10.3. The Kier molecular flexibility index (Phi) is 11.9. The van der Waals surface area contributed by atoms with E-state index < -0.39 is 7.12 Å². The van der Waals surface area contributed by atoms with Crippen LogP contribution in [0.1, 0.15) is 0 Å². The van der Waals surface area contributed by atoms with Crippen molar-refractivity contribution in [1.82, 2.24) is 0 Å². The second-order valence-electron chi connectivity index (χ2n) is 1.96. The number of anilines is 1. The molecular weight excluding hydrogens is 207 g/mol. The van der Waals surface area contributed by atoms with Gasteiger partial charge < -0.3 is 15.8 Å². The Balaban J connectivity index is 0. The van der Waals surface area contributed by atoms with Crippen LogP contribution in [0.3, 0.4) is 0 Å². The van der Waals surface area contributed by atoms with Crippen molar-refractivity contribution in [2.45, 2.75) is 0 Å². The Morgan fingerprint density at radius 1 is 1.08 bits per heavy atom. The molecule has 0 heterocycles. The fourth-order valence-electron chi connectivity index (χ4n) is 0.726. The molecule has 0 saturated heterocycles. The van der Waals surface area contributed by atoms with Crippen molar-refractivity contribution in [2.75, 3.05) is 5.73 Å². The van der Waals surface area contributed by atoms with Crippen LogP contribution in [0, 0.1) is 0 Å². The zero-order chi connectivity index (χ0) is 7.56. The molecule has 0 radical (unpaired) electrons. The van der Waals surface area contributed by atoms with Crippen molar-refractivity contribution in [1.29, 1.82) is 0 Å².